The SMILES string of the molecule is OP(O)O.c1ccc(Pc2ccccc2)cc1.c1ccc(Pc2ccccc2)cc1.c1ccc(Pc2ccccc2)cc1. The second-order valence-corrected chi connectivity index (χ2v) is 13.6. The van der Waals surface area contributed by atoms with Crippen LogP contribution in [-0.4, -0.2) is 14.7 Å². The minimum atomic E-state index is -2.62. The highest BCUT2D eigenvalue weighted by Gasteiger charge is 1.94. The first-order chi connectivity index (χ1) is 21.1. The zero-order chi connectivity index (χ0) is 30.4. The lowest BCUT2D eigenvalue weighted by Crippen LogP contribution is -2.01. The van der Waals surface area contributed by atoms with Gasteiger partial charge in [-0.2, -0.15) is 0 Å². The Kier molecular flexibility index (Phi) is 17.3. The fourth-order valence-electron chi connectivity index (χ4n) is 3.63. The van der Waals surface area contributed by atoms with Gasteiger partial charge >= 0.3 is 8.60 Å². The van der Waals surface area contributed by atoms with E-state index in [1.807, 2.05) is 0 Å². The summed E-state index contributed by atoms with van der Waals surface area (Å²) in [6.45, 7) is 0. The molecule has 0 aliphatic heterocycles. The van der Waals surface area contributed by atoms with Crippen LogP contribution in [0.1, 0.15) is 0 Å². The van der Waals surface area contributed by atoms with E-state index < -0.39 is 8.60 Å². The third-order valence-electron chi connectivity index (χ3n) is 5.51. The van der Waals surface area contributed by atoms with Gasteiger partial charge in [-0.25, -0.2) is 0 Å². The van der Waals surface area contributed by atoms with Crippen molar-refractivity contribution >= 4 is 66.2 Å². The maximum atomic E-state index is 7.23. The Morgan fingerprint density at radius 3 is 0.488 bits per heavy atom. The van der Waals surface area contributed by atoms with Crippen molar-refractivity contribution in [1.29, 1.82) is 0 Å². The molecule has 0 bridgehead atoms. The molecular weight excluding hydrogens is 604 g/mol. The van der Waals surface area contributed by atoms with Gasteiger partial charge in [-0.3, -0.25) is 0 Å². The third kappa shape index (κ3) is 16.4. The molecule has 7 heteroatoms. The smallest absolute Gasteiger partial charge is 0.324 e. The molecule has 0 aromatic heterocycles. The monoisotopic (exact) mass is 640 g/mol. The van der Waals surface area contributed by atoms with E-state index >= 15 is 0 Å². The Hall–Kier alpha value is -3.08. The van der Waals surface area contributed by atoms with Gasteiger partial charge in [-0.05, 0) is 31.8 Å². The first kappa shape index (κ1) is 34.4. The van der Waals surface area contributed by atoms with E-state index in [1.165, 1.54) is 31.8 Å². The molecule has 0 heterocycles. The molecule has 6 rings (SSSR count). The minimum Gasteiger partial charge on any atom is -0.328 e. The molecule has 218 valence electrons. The van der Waals surface area contributed by atoms with Crippen molar-refractivity contribution in [2.45, 2.75) is 0 Å². The quantitative estimate of drug-likeness (QED) is 0.192. The van der Waals surface area contributed by atoms with Gasteiger partial charge in [0, 0.05) is 0 Å². The maximum Gasteiger partial charge on any atom is 0.324 e. The van der Waals surface area contributed by atoms with Crippen molar-refractivity contribution in [2.24, 2.45) is 0 Å². The first-order valence-electron chi connectivity index (χ1n) is 13.6. The molecule has 0 spiro atoms. The molecule has 6 aromatic rings. The topological polar surface area (TPSA) is 60.7 Å². The standard InChI is InChI=1S/3C12H11P.H3O3P/c3*1-3-7-11(8-4-1)13-12-9-5-2-6-10-12;1-4(2)3/h3*1-10,13H;1-3H. The average molecular weight is 641 g/mol. The van der Waals surface area contributed by atoms with E-state index in [0.29, 0.717) is 0 Å². The van der Waals surface area contributed by atoms with Gasteiger partial charge in [0.15, 0.2) is 0 Å². The van der Waals surface area contributed by atoms with Crippen LogP contribution in [0.5, 0.6) is 0 Å². The lowest BCUT2D eigenvalue weighted by atomic mass is 10.4. The van der Waals surface area contributed by atoms with Crippen molar-refractivity contribution in [3.8, 4) is 0 Å². The minimum absolute atomic E-state index is 0.777. The summed E-state index contributed by atoms with van der Waals surface area (Å²) in [6.07, 6.45) is 0. The Morgan fingerprint density at radius 1 is 0.256 bits per heavy atom. The Labute approximate surface area is 262 Å². The zero-order valence-electron chi connectivity index (χ0n) is 23.6. The first-order valence-corrected chi connectivity index (χ1v) is 17.8. The van der Waals surface area contributed by atoms with E-state index in [4.69, 9.17) is 14.7 Å². The largest absolute Gasteiger partial charge is 0.328 e. The summed E-state index contributed by atoms with van der Waals surface area (Å²) < 4.78 is 0. The van der Waals surface area contributed by atoms with Crippen LogP contribution in [0.15, 0.2) is 182 Å². The summed E-state index contributed by atoms with van der Waals surface area (Å²) in [7, 11) is -0.290. The maximum absolute atomic E-state index is 7.23. The molecule has 0 aliphatic carbocycles. The highest BCUT2D eigenvalue weighted by Crippen LogP contribution is 2.12. The fraction of sp³-hybridized carbons (Fsp3) is 0. The van der Waals surface area contributed by atoms with Crippen LogP contribution >= 0.6 is 34.3 Å². The Bertz CT molecular complexity index is 1200. The second kappa shape index (κ2) is 21.6. The normalized spacial score (nSPS) is 9.77. The van der Waals surface area contributed by atoms with E-state index in [1.54, 1.807) is 0 Å². The van der Waals surface area contributed by atoms with Crippen molar-refractivity contribution in [2.75, 3.05) is 0 Å². The Balaban J connectivity index is 0.000000166. The van der Waals surface area contributed by atoms with Crippen LogP contribution in [0.4, 0.5) is 0 Å². The van der Waals surface area contributed by atoms with Gasteiger partial charge in [0.2, 0.25) is 0 Å². The molecule has 0 atom stereocenters. The molecule has 0 saturated heterocycles. The lowest BCUT2D eigenvalue weighted by Gasteiger charge is -2.00. The summed E-state index contributed by atoms with van der Waals surface area (Å²) in [6, 6.07) is 63.5. The second-order valence-electron chi connectivity index (χ2n) is 8.84. The van der Waals surface area contributed by atoms with Gasteiger partial charge in [0.25, 0.3) is 0 Å². The summed E-state index contributed by atoms with van der Waals surface area (Å²) >= 11 is 0. The van der Waals surface area contributed by atoms with Crippen LogP contribution in [0, 0.1) is 0 Å². The van der Waals surface area contributed by atoms with Crippen molar-refractivity contribution in [1.82, 2.24) is 0 Å². The molecule has 43 heavy (non-hydrogen) atoms. The van der Waals surface area contributed by atoms with Crippen LogP contribution in [-0.2, 0) is 0 Å². The van der Waals surface area contributed by atoms with Gasteiger partial charge in [-0.1, -0.05) is 208 Å². The average Bonchev–Trinajstić information content (AvgIpc) is 3.05. The molecular formula is C36H36O3P4. The Morgan fingerprint density at radius 2 is 0.372 bits per heavy atom. The fourth-order valence-corrected chi connectivity index (χ4v) is 6.78. The molecule has 3 nitrogen and oxygen atoms in total. The molecule has 0 fully saturated rings. The van der Waals surface area contributed by atoms with E-state index in [0.717, 1.165) is 25.7 Å². The highest BCUT2D eigenvalue weighted by molar-refractivity contribution is 7.56. The predicted octanol–water partition coefficient (Wildman–Crippen LogP) is 6.14. The zero-order valence-corrected chi connectivity index (χ0v) is 27.5. The summed E-state index contributed by atoms with van der Waals surface area (Å²) in [5.74, 6) is 0. The number of benzene rings is 6. The number of hydrogen-bond acceptors (Lipinski definition) is 3. The summed E-state index contributed by atoms with van der Waals surface area (Å²) in [4.78, 5) is 21.7. The summed E-state index contributed by atoms with van der Waals surface area (Å²) in [5.41, 5.74) is 0. The van der Waals surface area contributed by atoms with Crippen LogP contribution < -0.4 is 31.8 Å². The van der Waals surface area contributed by atoms with Crippen molar-refractivity contribution < 1.29 is 14.7 Å². The van der Waals surface area contributed by atoms with Crippen LogP contribution in [0.25, 0.3) is 0 Å². The van der Waals surface area contributed by atoms with E-state index in [-0.39, 0.29) is 0 Å². The number of rotatable bonds is 6. The van der Waals surface area contributed by atoms with Crippen LogP contribution in [0.3, 0.4) is 0 Å². The van der Waals surface area contributed by atoms with E-state index in [9.17, 15) is 0 Å². The highest BCUT2D eigenvalue weighted by atomic mass is 31.2. The number of hydrogen-bond donors (Lipinski definition) is 3. The molecule has 3 N–H and O–H groups in total. The molecule has 0 unspecified atom stereocenters. The van der Waals surface area contributed by atoms with E-state index in [2.05, 4.69) is 182 Å². The molecule has 0 amide bonds. The molecule has 6 aromatic carbocycles. The van der Waals surface area contributed by atoms with Crippen molar-refractivity contribution in [3.63, 3.8) is 0 Å². The van der Waals surface area contributed by atoms with Crippen molar-refractivity contribution in [3.05, 3.63) is 182 Å². The van der Waals surface area contributed by atoms with Gasteiger partial charge in [0.05, 0.1) is 0 Å². The van der Waals surface area contributed by atoms with Gasteiger partial charge in [0.1, 0.15) is 0 Å². The predicted molar refractivity (Wildman–Crippen MR) is 195 cm³/mol. The van der Waals surface area contributed by atoms with Crippen LogP contribution in [0.2, 0.25) is 0 Å². The molecule has 0 aliphatic rings. The van der Waals surface area contributed by atoms with Gasteiger partial charge < -0.3 is 14.7 Å². The molecule has 0 radical (unpaired) electrons. The molecule has 0 saturated carbocycles. The lowest BCUT2D eigenvalue weighted by molar-refractivity contribution is 0.368. The van der Waals surface area contributed by atoms with Gasteiger partial charge in [-0.15, -0.1) is 0 Å². The third-order valence-corrected chi connectivity index (χ3v) is 9.24. The summed E-state index contributed by atoms with van der Waals surface area (Å²) in [5, 5.41) is 8.38.